The molecule has 2 aliphatic rings. The van der Waals surface area contributed by atoms with Gasteiger partial charge in [-0.05, 0) is 51.4 Å². The Morgan fingerprint density at radius 2 is 1.91 bits per heavy atom. The lowest BCUT2D eigenvalue weighted by Crippen LogP contribution is -2.47. The molecule has 1 N–H and O–H groups in total. The van der Waals surface area contributed by atoms with E-state index in [-0.39, 0.29) is 17.9 Å². The molecule has 11 nitrogen and oxygen atoms in total. The lowest BCUT2D eigenvalue weighted by molar-refractivity contribution is -0.431. The molecule has 0 spiro atoms. The Morgan fingerprint density at radius 3 is 2.57 bits per heavy atom. The molecule has 0 radical (unpaired) electrons. The van der Waals surface area contributed by atoms with Crippen molar-refractivity contribution < 1.29 is 18.9 Å². The van der Waals surface area contributed by atoms with Crippen molar-refractivity contribution in [2.45, 2.75) is 32.6 Å². The third-order valence-electron chi connectivity index (χ3n) is 6.28. The van der Waals surface area contributed by atoms with E-state index in [4.69, 9.17) is 9.15 Å². The summed E-state index contributed by atoms with van der Waals surface area (Å²) in [5.41, 5.74) is 0.998. The Balaban J connectivity index is 1.26. The number of furan rings is 1. The largest absolute Gasteiger partial charge is 0.468 e. The number of nitro groups is 1. The number of anilines is 1. The number of nitrogens with one attached hydrogen (secondary N) is 1. The van der Waals surface area contributed by atoms with Crippen LogP contribution in [0.1, 0.15) is 38.4 Å². The summed E-state index contributed by atoms with van der Waals surface area (Å²) in [5, 5.41) is 14.7. The van der Waals surface area contributed by atoms with Gasteiger partial charge in [0.1, 0.15) is 11.7 Å². The molecule has 35 heavy (non-hydrogen) atoms. The highest BCUT2D eigenvalue weighted by Gasteiger charge is 2.42. The monoisotopic (exact) mass is 482 g/mol. The van der Waals surface area contributed by atoms with Crippen molar-refractivity contribution in [2.24, 2.45) is 0 Å². The molecule has 186 valence electrons. The fraction of sp³-hybridized carbons (Fsp3) is 0.458. The molecule has 4 rings (SSSR count). The number of hydrogen-bond donors (Lipinski definition) is 1. The van der Waals surface area contributed by atoms with E-state index >= 15 is 0 Å². The number of allylic oxidation sites excluding steroid dienone is 3. The van der Waals surface area contributed by atoms with E-state index in [0.717, 1.165) is 45.1 Å². The summed E-state index contributed by atoms with van der Waals surface area (Å²) in [6, 6.07) is 5.09. The minimum atomic E-state index is -0.918. The fourth-order valence-corrected chi connectivity index (χ4v) is 4.53. The second kappa shape index (κ2) is 11.1. The number of carbonyl (C=O) groups excluding carboxylic acids is 1. The smallest absolute Gasteiger partial charge is 0.337 e. The molecular formula is C24H30N6O5. The van der Waals surface area contributed by atoms with Crippen LogP contribution in [-0.2, 0) is 9.53 Å². The molecule has 1 unspecified atom stereocenters. The van der Waals surface area contributed by atoms with Crippen molar-refractivity contribution in [3.05, 3.63) is 75.4 Å². The van der Waals surface area contributed by atoms with Crippen LogP contribution in [0.2, 0.25) is 0 Å². The van der Waals surface area contributed by atoms with Crippen LogP contribution in [0.4, 0.5) is 5.95 Å². The van der Waals surface area contributed by atoms with Crippen LogP contribution in [0, 0.1) is 10.1 Å². The first kappa shape index (κ1) is 24.4. The van der Waals surface area contributed by atoms with Crippen LogP contribution in [0.25, 0.3) is 0 Å². The van der Waals surface area contributed by atoms with Crippen LogP contribution in [-0.4, -0.2) is 65.1 Å². The van der Waals surface area contributed by atoms with Crippen molar-refractivity contribution in [3.8, 4) is 0 Å². The van der Waals surface area contributed by atoms with E-state index in [0.29, 0.717) is 23.6 Å². The van der Waals surface area contributed by atoms with Crippen molar-refractivity contribution in [2.75, 3.05) is 44.2 Å². The predicted octanol–water partition coefficient (Wildman–Crippen LogP) is 2.68. The maximum absolute atomic E-state index is 13.0. The molecule has 0 amide bonds. The average molecular weight is 483 g/mol. The highest BCUT2D eigenvalue weighted by atomic mass is 16.6. The van der Waals surface area contributed by atoms with E-state index in [1.165, 1.54) is 6.26 Å². The minimum absolute atomic E-state index is 0.113. The Bertz CT molecular complexity index is 1090. The van der Waals surface area contributed by atoms with E-state index in [1.54, 1.807) is 38.4 Å². The standard InChI is InChI=1S/C24H30N6O5/c1-17-20(21(19-7-5-16-34-19)22(30(32)33)18(2)27-17)23(31)35-15-4-3-10-28-11-13-29(14-12-28)24-25-8-6-9-26-24/h5-9,16,21,27H,3-4,10-15H2,1-2H3. The number of aromatic nitrogens is 2. The quantitative estimate of drug-likeness (QED) is 0.247. The molecule has 2 aliphatic heterocycles. The zero-order valence-electron chi connectivity index (χ0n) is 20.0. The first-order chi connectivity index (χ1) is 17.0. The summed E-state index contributed by atoms with van der Waals surface area (Å²) >= 11 is 0. The van der Waals surface area contributed by atoms with Gasteiger partial charge in [-0.3, -0.25) is 15.0 Å². The molecule has 0 saturated carbocycles. The molecule has 2 aromatic heterocycles. The molecular weight excluding hydrogens is 452 g/mol. The second-order valence-corrected chi connectivity index (χ2v) is 8.60. The molecule has 0 aliphatic carbocycles. The lowest BCUT2D eigenvalue weighted by atomic mass is 9.88. The maximum atomic E-state index is 13.0. The van der Waals surface area contributed by atoms with Crippen LogP contribution in [0.5, 0.6) is 0 Å². The number of ether oxygens (including phenoxy) is 1. The van der Waals surface area contributed by atoms with Gasteiger partial charge >= 0.3 is 5.97 Å². The summed E-state index contributed by atoms with van der Waals surface area (Å²) < 4.78 is 11.0. The second-order valence-electron chi connectivity index (χ2n) is 8.60. The molecule has 0 bridgehead atoms. The maximum Gasteiger partial charge on any atom is 0.337 e. The normalized spacial score (nSPS) is 19.0. The van der Waals surface area contributed by atoms with Gasteiger partial charge in [0.05, 0.1) is 29.1 Å². The van der Waals surface area contributed by atoms with Crippen LogP contribution < -0.4 is 10.2 Å². The van der Waals surface area contributed by atoms with Gasteiger partial charge in [-0.1, -0.05) is 0 Å². The summed E-state index contributed by atoms with van der Waals surface area (Å²) in [6.45, 7) is 8.09. The SMILES string of the molecule is CC1=C(C(=O)OCCCCN2CCN(c3ncccn3)CC2)C(c2ccco2)C([N+](=O)[O-])=C(C)N1. The number of esters is 1. The predicted molar refractivity (Wildman–Crippen MR) is 128 cm³/mol. The summed E-state index contributed by atoms with van der Waals surface area (Å²) in [4.78, 5) is 37.5. The highest BCUT2D eigenvalue weighted by Crippen LogP contribution is 2.38. The fourth-order valence-electron chi connectivity index (χ4n) is 4.53. The zero-order chi connectivity index (χ0) is 24.8. The van der Waals surface area contributed by atoms with Crippen molar-refractivity contribution in [1.82, 2.24) is 20.2 Å². The van der Waals surface area contributed by atoms with E-state index in [9.17, 15) is 14.9 Å². The van der Waals surface area contributed by atoms with Gasteiger partial charge in [0, 0.05) is 44.3 Å². The first-order valence-corrected chi connectivity index (χ1v) is 11.7. The van der Waals surface area contributed by atoms with Crippen molar-refractivity contribution in [3.63, 3.8) is 0 Å². The van der Waals surface area contributed by atoms with Crippen molar-refractivity contribution >= 4 is 11.9 Å². The van der Waals surface area contributed by atoms with Crippen LogP contribution in [0.15, 0.2) is 63.9 Å². The summed E-state index contributed by atoms with van der Waals surface area (Å²) in [7, 11) is 0. The van der Waals surface area contributed by atoms with E-state index in [1.807, 2.05) is 6.07 Å². The number of piperazine rings is 1. The van der Waals surface area contributed by atoms with Crippen LogP contribution in [0.3, 0.4) is 0 Å². The number of carbonyl (C=O) groups is 1. The number of nitrogens with zero attached hydrogens (tertiary/aromatic N) is 5. The topological polar surface area (TPSA) is 127 Å². The molecule has 0 aromatic carbocycles. The Hall–Kier alpha value is -3.73. The number of dihydropyridines is 1. The van der Waals surface area contributed by atoms with Crippen molar-refractivity contribution in [1.29, 1.82) is 0 Å². The Morgan fingerprint density at radius 1 is 1.17 bits per heavy atom. The average Bonchev–Trinajstić information content (AvgIpc) is 3.39. The van der Waals surface area contributed by atoms with Gasteiger partial charge < -0.3 is 19.4 Å². The van der Waals surface area contributed by atoms with E-state index in [2.05, 4.69) is 25.1 Å². The Kier molecular flexibility index (Phi) is 7.76. The third kappa shape index (κ3) is 5.68. The zero-order valence-corrected chi connectivity index (χ0v) is 20.0. The first-order valence-electron chi connectivity index (χ1n) is 11.7. The van der Waals surface area contributed by atoms with Gasteiger partial charge in [-0.25, -0.2) is 14.8 Å². The van der Waals surface area contributed by atoms with Gasteiger partial charge in [0.25, 0.3) is 5.70 Å². The summed E-state index contributed by atoms with van der Waals surface area (Å²) in [6.07, 6.45) is 6.53. The van der Waals surface area contributed by atoms with Gasteiger partial charge in [0.15, 0.2) is 0 Å². The molecule has 11 heteroatoms. The summed E-state index contributed by atoms with van der Waals surface area (Å²) in [5.74, 6) is -0.388. The third-order valence-corrected chi connectivity index (χ3v) is 6.28. The lowest BCUT2D eigenvalue weighted by Gasteiger charge is -2.34. The number of unbranched alkanes of at least 4 members (excludes halogenated alkanes) is 1. The molecule has 2 aromatic rings. The van der Waals surface area contributed by atoms with Gasteiger partial charge in [0.2, 0.25) is 5.95 Å². The molecule has 1 atom stereocenters. The Labute approximate surface area is 203 Å². The molecule has 1 fully saturated rings. The van der Waals surface area contributed by atoms with Gasteiger partial charge in [-0.2, -0.15) is 0 Å². The molecule has 4 heterocycles. The van der Waals surface area contributed by atoms with Crippen LogP contribution >= 0.6 is 0 Å². The number of rotatable bonds is 9. The highest BCUT2D eigenvalue weighted by molar-refractivity contribution is 5.92. The number of hydrogen-bond acceptors (Lipinski definition) is 10. The van der Waals surface area contributed by atoms with Gasteiger partial charge in [-0.15, -0.1) is 0 Å². The van der Waals surface area contributed by atoms with E-state index < -0.39 is 16.8 Å². The molecule has 1 saturated heterocycles. The minimum Gasteiger partial charge on any atom is -0.468 e.